The number of carbonyl (C=O) groups excluding carboxylic acids is 1. The zero-order chi connectivity index (χ0) is 24.1. The smallest absolute Gasteiger partial charge is 0.254 e. The average Bonchev–Trinajstić information content (AvgIpc) is 2.90. The number of methoxy groups -OCH3 is 4. The van der Waals surface area contributed by atoms with Gasteiger partial charge in [-0.15, -0.1) is 0 Å². The van der Waals surface area contributed by atoms with Gasteiger partial charge in [-0.3, -0.25) is 4.79 Å². The van der Waals surface area contributed by atoms with Gasteiger partial charge in [-0.05, 0) is 66.1 Å². The predicted molar refractivity (Wildman–Crippen MR) is 129 cm³/mol. The van der Waals surface area contributed by atoms with Gasteiger partial charge in [0.15, 0.2) is 23.0 Å². The van der Waals surface area contributed by atoms with Crippen molar-refractivity contribution in [1.82, 2.24) is 4.90 Å². The fraction of sp³-hybridized carbons (Fsp3) is 0.296. The van der Waals surface area contributed by atoms with E-state index in [2.05, 4.69) is 0 Å². The van der Waals surface area contributed by atoms with Gasteiger partial charge in [0, 0.05) is 12.1 Å². The van der Waals surface area contributed by atoms with E-state index in [1.807, 2.05) is 41.3 Å². The molecule has 3 aromatic carbocycles. The number of para-hydroxylation sites is 2. The van der Waals surface area contributed by atoms with Gasteiger partial charge in [0.1, 0.15) is 12.4 Å². The van der Waals surface area contributed by atoms with Crippen LogP contribution in [0.2, 0.25) is 0 Å². The van der Waals surface area contributed by atoms with E-state index in [0.717, 1.165) is 11.1 Å². The summed E-state index contributed by atoms with van der Waals surface area (Å²) in [5.41, 5.74) is 2.66. The molecule has 0 unspecified atom stereocenters. The zero-order valence-electron chi connectivity index (χ0n) is 19.9. The molecule has 0 aromatic heterocycles. The monoisotopic (exact) mass is 463 g/mol. The maximum absolute atomic E-state index is 13.6. The van der Waals surface area contributed by atoms with Gasteiger partial charge < -0.3 is 28.6 Å². The fourth-order valence-electron chi connectivity index (χ4n) is 4.26. The third-order valence-electron chi connectivity index (χ3n) is 6.07. The van der Waals surface area contributed by atoms with Crippen LogP contribution in [-0.2, 0) is 6.42 Å². The Labute approximate surface area is 199 Å². The lowest BCUT2D eigenvalue weighted by Gasteiger charge is -2.37. The van der Waals surface area contributed by atoms with Crippen LogP contribution in [0.4, 0.5) is 0 Å². The first-order valence-electron chi connectivity index (χ1n) is 11.0. The zero-order valence-corrected chi connectivity index (χ0v) is 19.9. The average molecular weight is 464 g/mol. The summed E-state index contributed by atoms with van der Waals surface area (Å²) in [7, 11) is 6.43. The van der Waals surface area contributed by atoms with E-state index in [9.17, 15) is 4.79 Å². The molecule has 34 heavy (non-hydrogen) atoms. The Bertz CT molecular complexity index is 1140. The van der Waals surface area contributed by atoms with Crippen LogP contribution in [0.5, 0.6) is 28.7 Å². The highest BCUT2D eigenvalue weighted by Gasteiger charge is 2.33. The van der Waals surface area contributed by atoms with Crippen LogP contribution in [0.1, 0.15) is 27.5 Å². The minimum Gasteiger partial charge on any atom is -0.497 e. The number of benzene rings is 3. The predicted octanol–water partition coefficient (Wildman–Crippen LogP) is 4.54. The summed E-state index contributed by atoms with van der Waals surface area (Å²) in [5.74, 6) is 3.17. The third-order valence-corrected chi connectivity index (χ3v) is 6.07. The first kappa shape index (κ1) is 23.3. The second-order valence-corrected chi connectivity index (χ2v) is 7.86. The maximum Gasteiger partial charge on any atom is 0.254 e. The van der Waals surface area contributed by atoms with Gasteiger partial charge in [0.05, 0.1) is 34.5 Å². The van der Waals surface area contributed by atoms with Crippen molar-refractivity contribution in [3.63, 3.8) is 0 Å². The highest BCUT2D eigenvalue weighted by molar-refractivity contribution is 5.95. The van der Waals surface area contributed by atoms with E-state index < -0.39 is 0 Å². The van der Waals surface area contributed by atoms with E-state index in [1.54, 1.807) is 52.7 Å². The number of fused-ring (bicyclic) bond motifs is 1. The van der Waals surface area contributed by atoms with Gasteiger partial charge in [0.25, 0.3) is 5.91 Å². The molecule has 178 valence electrons. The normalized spacial score (nSPS) is 14.7. The van der Waals surface area contributed by atoms with Crippen molar-refractivity contribution in [3.8, 4) is 28.7 Å². The molecule has 1 aliphatic rings. The standard InChI is InChI=1S/C27H29NO6/c1-30-20-11-9-18(10-12-20)27(29)28-14-13-19-15-25(32-3)26(33-4)16-21(19)22(28)17-34-24-8-6-5-7-23(24)31-2/h5-12,15-16,22H,13-14,17H2,1-4H3/t22-/m0/s1. The Kier molecular flexibility index (Phi) is 7.11. The summed E-state index contributed by atoms with van der Waals surface area (Å²) in [4.78, 5) is 15.4. The van der Waals surface area contributed by atoms with Gasteiger partial charge in [-0.25, -0.2) is 0 Å². The number of carbonyl (C=O) groups is 1. The second kappa shape index (κ2) is 10.4. The van der Waals surface area contributed by atoms with Crippen LogP contribution >= 0.6 is 0 Å². The van der Waals surface area contributed by atoms with Crippen LogP contribution < -0.4 is 23.7 Å². The molecule has 0 bridgehead atoms. The van der Waals surface area contributed by atoms with Crippen LogP contribution in [-0.4, -0.2) is 52.4 Å². The second-order valence-electron chi connectivity index (χ2n) is 7.86. The van der Waals surface area contributed by atoms with Crippen molar-refractivity contribution in [2.75, 3.05) is 41.6 Å². The Morgan fingerprint density at radius 1 is 0.824 bits per heavy atom. The molecular formula is C27H29NO6. The number of rotatable bonds is 8. The van der Waals surface area contributed by atoms with Gasteiger partial charge in [-0.1, -0.05) is 12.1 Å². The first-order valence-corrected chi connectivity index (χ1v) is 11.0. The Morgan fingerprint density at radius 3 is 2.12 bits per heavy atom. The molecule has 0 saturated heterocycles. The molecule has 3 aromatic rings. The van der Waals surface area contributed by atoms with E-state index in [-0.39, 0.29) is 18.6 Å². The Hall–Kier alpha value is -3.87. The number of hydrogen-bond acceptors (Lipinski definition) is 6. The molecule has 7 heteroatoms. The van der Waals surface area contributed by atoms with Crippen LogP contribution in [0.25, 0.3) is 0 Å². The molecular weight excluding hydrogens is 434 g/mol. The van der Waals surface area contributed by atoms with Crippen molar-refractivity contribution < 1.29 is 28.5 Å². The van der Waals surface area contributed by atoms with Gasteiger partial charge in [-0.2, -0.15) is 0 Å². The molecule has 0 radical (unpaired) electrons. The van der Waals surface area contributed by atoms with Crippen molar-refractivity contribution in [2.24, 2.45) is 0 Å². The number of hydrogen-bond donors (Lipinski definition) is 0. The molecule has 1 amide bonds. The van der Waals surface area contributed by atoms with E-state index in [4.69, 9.17) is 23.7 Å². The Morgan fingerprint density at radius 2 is 1.47 bits per heavy atom. The van der Waals surface area contributed by atoms with Crippen molar-refractivity contribution in [2.45, 2.75) is 12.5 Å². The fourth-order valence-corrected chi connectivity index (χ4v) is 4.26. The lowest BCUT2D eigenvalue weighted by molar-refractivity contribution is 0.0587. The van der Waals surface area contributed by atoms with Crippen LogP contribution in [0, 0.1) is 0 Å². The highest BCUT2D eigenvalue weighted by Crippen LogP contribution is 2.39. The molecule has 1 atom stereocenters. The van der Waals surface area contributed by atoms with E-state index >= 15 is 0 Å². The van der Waals surface area contributed by atoms with Crippen LogP contribution in [0.3, 0.4) is 0 Å². The molecule has 7 nitrogen and oxygen atoms in total. The summed E-state index contributed by atoms with van der Waals surface area (Å²) < 4.78 is 27.9. The number of amides is 1. The molecule has 0 fully saturated rings. The highest BCUT2D eigenvalue weighted by atomic mass is 16.5. The van der Waals surface area contributed by atoms with Crippen molar-refractivity contribution in [3.05, 3.63) is 77.4 Å². The first-order chi connectivity index (χ1) is 16.6. The quantitative estimate of drug-likeness (QED) is 0.489. The molecule has 1 aliphatic heterocycles. The molecule has 4 rings (SSSR count). The van der Waals surface area contributed by atoms with Crippen molar-refractivity contribution >= 4 is 5.91 Å². The number of ether oxygens (including phenoxy) is 5. The summed E-state index contributed by atoms with van der Waals surface area (Å²) >= 11 is 0. The van der Waals surface area contributed by atoms with E-state index in [1.165, 1.54) is 0 Å². The summed E-state index contributed by atoms with van der Waals surface area (Å²) in [6.45, 7) is 0.804. The lowest BCUT2D eigenvalue weighted by atomic mass is 9.91. The Balaban J connectivity index is 1.70. The topological polar surface area (TPSA) is 66.5 Å². The minimum atomic E-state index is -0.330. The molecule has 0 saturated carbocycles. The minimum absolute atomic E-state index is 0.0725. The molecule has 0 N–H and O–H groups in total. The SMILES string of the molecule is COc1ccc(C(=O)N2CCc3cc(OC)c(OC)cc3[C@@H]2COc2ccccc2OC)cc1. The maximum atomic E-state index is 13.6. The number of nitrogens with zero attached hydrogens (tertiary/aromatic N) is 1. The summed E-state index contributed by atoms with van der Waals surface area (Å²) in [5, 5.41) is 0. The molecule has 1 heterocycles. The summed E-state index contributed by atoms with van der Waals surface area (Å²) in [6.07, 6.45) is 0.697. The summed E-state index contributed by atoms with van der Waals surface area (Å²) in [6, 6.07) is 18.2. The largest absolute Gasteiger partial charge is 0.497 e. The van der Waals surface area contributed by atoms with Gasteiger partial charge >= 0.3 is 0 Å². The van der Waals surface area contributed by atoms with Gasteiger partial charge in [0.2, 0.25) is 0 Å². The molecule has 0 aliphatic carbocycles. The van der Waals surface area contributed by atoms with Crippen LogP contribution in [0.15, 0.2) is 60.7 Å². The lowest BCUT2D eigenvalue weighted by Crippen LogP contribution is -2.42. The van der Waals surface area contributed by atoms with Crippen molar-refractivity contribution in [1.29, 1.82) is 0 Å². The third kappa shape index (κ3) is 4.59. The molecule has 0 spiro atoms. The van der Waals surface area contributed by atoms with E-state index in [0.29, 0.717) is 47.3 Å².